The average Bonchev–Trinajstić information content (AvgIpc) is 2.51. The lowest BCUT2D eigenvalue weighted by Crippen LogP contribution is -2.25. The third kappa shape index (κ3) is 3.47. The summed E-state index contributed by atoms with van der Waals surface area (Å²) < 4.78 is 0.876. The Bertz CT molecular complexity index is 350. The third-order valence-electron chi connectivity index (χ3n) is 1.42. The fourth-order valence-corrected chi connectivity index (χ4v) is 2.11. The summed E-state index contributed by atoms with van der Waals surface area (Å²) in [4.78, 5) is 22.1. The molecule has 0 saturated carbocycles. The molecule has 0 fully saturated rings. The van der Waals surface area contributed by atoms with E-state index in [0.29, 0.717) is 4.88 Å². The number of nitrogens with one attached hydrogen (secondary N) is 1. The monoisotopic (exact) mass is 277 g/mol. The number of carboxylic acids is 1. The smallest absolute Gasteiger partial charge is 0.305 e. The lowest BCUT2D eigenvalue weighted by molar-refractivity contribution is -0.136. The van der Waals surface area contributed by atoms with Crippen LogP contribution in [-0.4, -0.2) is 23.5 Å². The van der Waals surface area contributed by atoms with Gasteiger partial charge < -0.3 is 10.4 Å². The van der Waals surface area contributed by atoms with Crippen molar-refractivity contribution in [3.63, 3.8) is 0 Å². The molecule has 0 saturated heterocycles. The van der Waals surface area contributed by atoms with Crippen molar-refractivity contribution < 1.29 is 14.7 Å². The molecule has 0 spiro atoms. The molecule has 0 bridgehead atoms. The molecule has 1 rings (SSSR count). The van der Waals surface area contributed by atoms with Gasteiger partial charge in [-0.15, -0.1) is 11.3 Å². The van der Waals surface area contributed by atoms with E-state index in [1.807, 2.05) is 0 Å². The number of carboxylic acid groups (broad SMARTS) is 1. The number of carbonyl (C=O) groups excluding carboxylic acids is 1. The normalized spacial score (nSPS) is 9.79. The molecular formula is C8H8BrNO3S. The Morgan fingerprint density at radius 2 is 2.21 bits per heavy atom. The molecule has 0 aromatic carbocycles. The summed E-state index contributed by atoms with van der Waals surface area (Å²) in [6.45, 7) is 0.156. The fraction of sp³-hybridized carbons (Fsp3) is 0.250. The van der Waals surface area contributed by atoms with Gasteiger partial charge in [0.25, 0.3) is 5.91 Å². The first-order valence-corrected chi connectivity index (χ1v) is 5.46. The van der Waals surface area contributed by atoms with Gasteiger partial charge in [0.1, 0.15) is 0 Å². The van der Waals surface area contributed by atoms with E-state index in [9.17, 15) is 9.59 Å². The number of aliphatic carboxylic acids is 1. The molecule has 1 aromatic heterocycles. The van der Waals surface area contributed by atoms with Crippen LogP contribution in [0.5, 0.6) is 0 Å². The van der Waals surface area contributed by atoms with E-state index in [2.05, 4.69) is 21.2 Å². The highest BCUT2D eigenvalue weighted by Gasteiger charge is 2.07. The van der Waals surface area contributed by atoms with E-state index < -0.39 is 5.97 Å². The van der Waals surface area contributed by atoms with Crippen LogP contribution in [-0.2, 0) is 4.79 Å². The summed E-state index contributed by atoms with van der Waals surface area (Å²) in [6, 6.07) is 3.46. The summed E-state index contributed by atoms with van der Waals surface area (Å²) in [7, 11) is 0. The first-order chi connectivity index (χ1) is 6.59. The van der Waals surface area contributed by atoms with Gasteiger partial charge in [0.15, 0.2) is 0 Å². The van der Waals surface area contributed by atoms with Crippen LogP contribution in [0.1, 0.15) is 16.1 Å². The molecule has 0 aliphatic heterocycles. The first-order valence-electron chi connectivity index (χ1n) is 3.85. The van der Waals surface area contributed by atoms with Crippen molar-refractivity contribution in [2.24, 2.45) is 0 Å². The average molecular weight is 278 g/mol. The summed E-state index contributed by atoms with van der Waals surface area (Å²) in [5, 5.41) is 10.9. The molecule has 1 amide bonds. The van der Waals surface area contributed by atoms with E-state index in [-0.39, 0.29) is 18.9 Å². The molecule has 1 aromatic rings. The number of amides is 1. The van der Waals surface area contributed by atoms with Crippen molar-refractivity contribution in [2.45, 2.75) is 6.42 Å². The summed E-state index contributed by atoms with van der Waals surface area (Å²) in [6.07, 6.45) is -0.0573. The maximum Gasteiger partial charge on any atom is 0.305 e. The van der Waals surface area contributed by atoms with Gasteiger partial charge in [0, 0.05) is 6.54 Å². The lowest BCUT2D eigenvalue weighted by Gasteiger charge is -1.99. The Balaban J connectivity index is 2.39. The Kier molecular flexibility index (Phi) is 4.09. The molecule has 1 heterocycles. The van der Waals surface area contributed by atoms with Gasteiger partial charge in [-0.1, -0.05) is 0 Å². The van der Waals surface area contributed by atoms with Crippen LogP contribution in [0, 0.1) is 0 Å². The highest BCUT2D eigenvalue weighted by molar-refractivity contribution is 9.11. The molecule has 0 radical (unpaired) electrons. The predicted molar refractivity (Wildman–Crippen MR) is 56.6 cm³/mol. The van der Waals surface area contributed by atoms with E-state index in [1.165, 1.54) is 11.3 Å². The number of thiophene rings is 1. The van der Waals surface area contributed by atoms with E-state index in [4.69, 9.17) is 5.11 Å². The minimum Gasteiger partial charge on any atom is -0.481 e. The van der Waals surface area contributed by atoms with Gasteiger partial charge in [0.2, 0.25) is 0 Å². The zero-order valence-corrected chi connectivity index (χ0v) is 9.52. The second kappa shape index (κ2) is 5.11. The molecule has 4 nitrogen and oxygen atoms in total. The second-order valence-corrected chi connectivity index (χ2v) is 4.97. The number of hydrogen-bond acceptors (Lipinski definition) is 3. The number of hydrogen-bond donors (Lipinski definition) is 2. The molecular weight excluding hydrogens is 270 g/mol. The molecule has 76 valence electrons. The van der Waals surface area contributed by atoms with Crippen LogP contribution in [0.25, 0.3) is 0 Å². The third-order valence-corrected chi connectivity index (χ3v) is 3.04. The van der Waals surface area contributed by atoms with Gasteiger partial charge in [0.05, 0.1) is 15.1 Å². The maximum atomic E-state index is 11.3. The zero-order valence-electron chi connectivity index (χ0n) is 7.12. The molecule has 2 N–H and O–H groups in total. The molecule has 0 unspecified atom stereocenters. The summed E-state index contributed by atoms with van der Waals surface area (Å²) in [5.41, 5.74) is 0. The van der Waals surface area contributed by atoms with Crippen molar-refractivity contribution in [3.05, 3.63) is 20.8 Å². The van der Waals surface area contributed by atoms with E-state index >= 15 is 0 Å². The molecule has 14 heavy (non-hydrogen) atoms. The number of carbonyl (C=O) groups is 2. The summed E-state index contributed by atoms with van der Waals surface area (Å²) >= 11 is 4.55. The van der Waals surface area contributed by atoms with Crippen LogP contribution in [0.2, 0.25) is 0 Å². The second-order valence-electron chi connectivity index (χ2n) is 2.50. The van der Waals surface area contributed by atoms with Crippen LogP contribution in [0.4, 0.5) is 0 Å². The zero-order chi connectivity index (χ0) is 10.6. The molecule has 0 aliphatic carbocycles. The Morgan fingerprint density at radius 1 is 1.50 bits per heavy atom. The van der Waals surface area contributed by atoms with E-state index in [1.54, 1.807) is 12.1 Å². The van der Waals surface area contributed by atoms with Crippen molar-refractivity contribution in [2.75, 3.05) is 6.54 Å². The fourth-order valence-electron chi connectivity index (χ4n) is 0.806. The van der Waals surface area contributed by atoms with E-state index in [0.717, 1.165) is 3.79 Å². The highest BCUT2D eigenvalue weighted by Crippen LogP contribution is 2.21. The van der Waals surface area contributed by atoms with Gasteiger partial charge in [-0.3, -0.25) is 9.59 Å². The lowest BCUT2D eigenvalue weighted by atomic mass is 10.4. The Labute approximate surface area is 93.1 Å². The van der Waals surface area contributed by atoms with Crippen molar-refractivity contribution >= 4 is 39.1 Å². The minimum absolute atomic E-state index is 0.0573. The maximum absolute atomic E-state index is 11.3. The van der Waals surface area contributed by atoms with Crippen molar-refractivity contribution in [3.8, 4) is 0 Å². The van der Waals surface area contributed by atoms with Crippen LogP contribution in [0.3, 0.4) is 0 Å². The topological polar surface area (TPSA) is 66.4 Å². The predicted octanol–water partition coefficient (Wildman–Crippen LogP) is 1.72. The van der Waals surface area contributed by atoms with Crippen molar-refractivity contribution in [1.82, 2.24) is 5.32 Å². The summed E-state index contributed by atoms with van der Waals surface area (Å²) in [5.74, 6) is -1.15. The van der Waals surface area contributed by atoms with Crippen LogP contribution >= 0.6 is 27.3 Å². The van der Waals surface area contributed by atoms with Gasteiger partial charge in [-0.2, -0.15) is 0 Å². The van der Waals surface area contributed by atoms with Gasteiger partial charge in [-0.25, -0.2) is 0 Å². The number of halogens is 1. The van der Waals surface area contributed by atoms with Crippen LogP contribution in [0.15, 0.2) is 15.9 Å². The highest BCUT2D eigenvalue weighted by atomic mass is 79.9. The Morgan fingerprint density at radius 3 is 2.71 bits per heavy atom. The van der Waals surface area contributed by atoms with Crippen LogP contribution < -0.4 is 5.32 Å². The minimum atomic E-state index is -0.919. The standard InChI is InChI=1S/C8H8BrNO3S/c9-6-2-1-5(14-6)8(13)10-4-3-7(11)12/h1-2H,3-4H2,(H,10,13)(H,11,12). The van der Waals surface area contributed by atoms with Gasteiger partial charge >= 0.3 is 5.97 Å². The first kappa shape index (κ1) is 11.2. The van der Waals surface area contributed by atoms with Crippen molar-refractivity contribution in [1.29, 1.82) is 0 Å². The SMILES string of the molecule is O=C(O)CCNC(=O)c1ccc(Br)s1. The largest absolute Gasteiger partial charge is 0.481 e. The number of rotatable bonds is 4. The Hall–Kier alpha value is -0.880. The molecule has 0 atom stereocenters. The van der Waals surface area contributed by atoms with Gasteiger partial charge in [-0.05, 0) is 28.1 Å². The molecule has 6 heteroatoms. The molecule has 0 aliphatic rings. The quantitative estimate of drug-likeness (QED) is 0.881.